The average Bonchev–Trinajstić information content (AvgIpc) is 2.94. The normalized spacial score (nSPS) is 19.2. The van der Waals surface area contributed by atoms with Crippen LogP contribution in [0.25, 0.3) is 0 Å². The molecule has 22 heavy (non-hydrogen) atoms. The van der Waals surface area contributed by atoms with Crippen molar-refractivity contribution < 1.29 is 9.72 Å². The van der Waals surface area contributed by atoms with Gasteiger partial charge in [-0.25, -0.2) is 0 Å². The van der Waals surface area contributed by atoms with E-state index in [9.17, 15) is 20.2 Å². The minimum atomic E-state index is -1.17. The van der Waals surface area contributed by atoms with Crippen LogP contribution >= 0.6 is 0 Å². The molecule has 5 heteroatoms. The van der Waals surface area contributed by atoms with E-state index in [-0.39, 0.29) is 17.9 Å². The number of carbonyl (C=O) groups is 1. The smallest absolute Gasteiger partial charge is 0.269 e. The molecule has 0 saturated carbocycles. The second kappa shape index (κ2) is 5.08. The molecule has 0 N–H and O–H groups in total. The molecule has 5 nitrogen and oxygen atoms in total. The van der Waals surface area contributed by atoms with Crippen LogP contribution in [0.15, 0.2) is 48.5 Å². The van der Waals surface area contributed by atoms with E-state index in [0.717, 1.165) is 5.56 Å². The number of fused-ring (bicyclic) bond motifs is 1. The Kier molecular flexibility index (Phi) is 3.22. The molecule has 0 amide bonds. The molecule has 2 aromatic carbocycles. The Hall–Kier alpha value is -3.00. The van der Waals surface area contributed by atoms with Crippen LogP contribution in [-0.4, -0.2) is 10.7 Å². The summed E-state index contributed by atoms with van der Waals surface area (Å²) in [4.78, 5) is 23.1. The fourth-order valence-electron chi connectivity index (χ4n) is 2.93. The molecule has 0 fully saturated rings. The van der Waals surface area contributed by atoms with Crippen molar-refractivity contribution in [3.63, 3.8) is 0 Å². The van der Waals surface area contributed by atoms with Crippen LogP contribution in [0.2, 0.25) is 0 Å². The molecule has 2 aromatic rings. The number of benzene rings is 2. The van der Waals surface area contributed by atoms with Crippen molar-refractivity contribution in [1.82, 2.24) is 0 Å². The van der Waals surface area contributed by atoms with Gasteiger partial charge < -0.3 is 0 Å². The summed E-state index contributed by atoms with van der Waals surface area (Å²) in [5.74, 6) is -0.227. The molecule has 0 saturated heterocycles. The zero-order valence-electron chi connectivity index (χ0n) is 11.7. The number of nitrogens with zero attached hydrogens (tertiary/aromatic N) is 2. The van der Waals surface area contributed by atoms with Crippen LogP contribution in [0.3, 0.4) is 0 Å². The first-order chi connectivity index (χ1) is 10.6. The number of carbonyl (C=O) groups excluding carboxylic acids is 1. The summed E-state index contributed by atoms with van der Waals surface area (Å²) in [5.41, 5.74) is 0.848. The summed E-state index contributed by atoms with van der Waals surface area (Å²) >= 11 is 0. The Morgan fingerprint density at radius 3 is 2.45 bits per heavy atom. The number of nitro groups is 1. The molecule has 1 aliphatic carbocycles. The van der Waals surface area contributed by atoms with Gasteiger partial charge in [-0.2, -0.15) is 5.26 Å². The molecule has 0 aromatic heterocycles. The van der Waals surface area contributed by atoms with Crippen molar-refractivity contribution in [2.24, 2.45) is 5.41 Å². The van der Waals surface area contributed by atoms with Crippen molar-refractivity contribution >= 4 is 11.5 Å². The molecular formula is C17H12N2O3. The second-order valence-corrected chi connectivity index (χ2v) is 5.45. The number of nitriles is 1. The van der Waals surface area contributed by atoms with Crippen molar-refractivity contribution in [3.8, 4) is 6.07 Å². The fourth-order valence-corrected chi connectivity index (χ4v) is 2.93. The highest BCUT2D eigenvalue weighted by molar-refractivity contribution is 6.03. The SMILES string of the molecule is N#CC1(C(=O)c2ccccc2)Cc2ccc([N+](=O)[O-])cc2C1. The van der Waals surface area contributed by atoms with Gasteiger partial charge in [-0.15, -0.1) is 0 Å². The summed E-state index contributed by atoms with van der Waals surface area (Å²) in [6, 6.07) is 15.4. The minimum absolute atomic E-state index is 0.0142. The van der Waals surface area contributed by atoms with Crippen LogP contribution in [0.5, 0.6) is 0 Å². The third kappa shape index (κ3) is 2.15. The van der Waals surface area contributed by atoms with E-state index < -0.39 is 10.3 Å². The zero-order valence-corrected chi connectivity index (χ0v) is 11.7. The maximum Gasteiger partial charge on any atom is 0.269 e. The summed E-state index contributed by atoms with van der Waals surface area (Å²) in [6.45, 7) is 0. The fraction of sp³-hybridized carbons (Fsp3) is 0.176. The molecule has 0 bridgehead atoms. The van der Waals surface area contributed by atoms with Crippen LogP contribution in [0.1, 0.15) is 21.5 Å². The lowest BCUT2D eigenvalue weighted by atomic mass is 9.79. The number of nitro benzene ring substituents is 1. The lowest BCUT2D eigenvalue weighted by molar-refractivity contribution is -0.384. The highest BCUT2D eigenvalue weighted by Crippen LogP contribution is 2.40. The quantitative estimate of drug-likeness (QED) is 0.494. The predicted molar refractivity (Wildman–Crippen MR) is 79.3 cm³/mol. The first-order valence-electron chi connectivity index (χ1n) is 6.83. The molecule has 1 aliphatic rings. The van der Waals surface area contributed by atoms with E-state index in [2.05, 4.69) is 6.07 Å². The highest BCUT2D eigenvalue weighted by atomic mass is 16.6. The molecule has 1 atom stereocenters. The first-order valence-corrected chi connectivity index (χ1v) is 6.83. The monoisotopic (exact) mass is 292 g/mol. The summed E-state index contributed by atoms with van der Waals surface area (Å²) in [7, 11) is 0. The molecule has 0 radical (unpaired) electrons. The lowest BCUT2D eigenvalue weighted by Crippen LogP contribution is -2.30. The Bertz CT molecular complexity index is 808. The maximum atomic E-state index is 12.7. The van der Waals surface area contributed by atoms with Crippen molar-refractivity contribution in [1.29, 1.82) is 5.26 Å². The van der Waals surface area contributed by atoms with Crippen molar-refractivity contribution in [2.75, 3.05) is 0 Å². The van der Waals surface area contributed by atoms with Gasteiger partial charge in [0, 0.05) is 17.7 Å². The number of hydrogen-bond donors (Lipinski definition) is 0. The third-order valence-corrected chi connectivity index (χ3v) is 4.07. The average molecular weight is 292 g/mol. The number of Topliss-reactive ketones (excluding diaryl/α,β-unsaturated/α-hetero) is 1. The predicted octanol–water partition coefficient (Wildman–Crippen LogP) is 3.09. The Labute approximate surface area is 127 Å². The van der Waals surface area contributed by atoms with E-state index in [1.165, 1.54) is 12.1 Å². The van der Waals surface area contributed by atoms with Crippen molar-refractivity contribution in [3.05, 3.63) is 75.3 Å². The van der Waals surface area contributed by atoms with E-state index in [1.54, 1.807) is 30.3 Å². The molecule has 0 aliphatic heterocycles. The van der Waals surface area contributed by atoms with Crippen LogP contribution in [0, 0.1) is 26.9 Å². The first kappa shape index (κ1) is 14.0. The largest absolute Gasteiger partial charge is 0.292 e. The summed E-state index contributed by atoms with van der Waals surface area (Å²) < 4.78 is 0. The Morgan fingerprint density at radius 2 is 1.82 bits per heavy atom. The molecule has 0 heterocycles. The van der Waals surface area contributed by atoms with Gasteiger partial charge in [-0.3, -0.25) is 14.9 Å². The number of non-ortho nitro benzene ring substituents is 1. The number of rotatable bonds is 3. The van der Waals surface area contributed by atoms with Gasteiger partial charge in [-0.05, 0) is 24.0 Å². The Morgan fingerprint density at radius 1 is 1.14 bits per heavy atom. The summed E-state index contributed by atoms with van der Waals surface area (Å²) in [5, 5.41) is 20.5. The molecule has 108 valence electrons. The Balaban J connectivity index is 1.99. The van der Waals surface area contributed by atoms with Gasteiger partial charge in [0.15, 0.2) is 5.78 Å². The van der Waals surface area contributed by atoms with Gasteiger partial charge in [-0.1, -0.05) is 36.4 Å². The zero-order chi connectivity index (χ0) is 15.7. The van der Waals surface area contributed by atoms with E-state index >= 15 is 0 Å². The lowest BCUT2D eigenvalue weighted by Gasteiger charge is -2.18. The second-order valence-electron chi connectivity index (χ2n) is 5.45. The van der Waals surface area contributed by atoms with Gasteiger partial charge in [0.05, 0.1) is 11.0 Å². The van der Waals surface area contributed by atoms with E-state index in [4.69, 9.17) is 0 Å². The maximum absolute atomic E-state index is 12.7. The van der Waals surface area contributed by atoms with Crippen LogP contribution in [0.4, 0.5) is 5.69 Å². The number of ketones is 1. The van der Waals surface area contributed by atoms with Crippen LogP contribution in [-0.2, 0) is 12.8 Å². The summed E-state index contributed by atoms with van der Waals surface area (Å²) in [6.07, 6.45) is 0.513. The van der Waals surface area contributed by atoms with Crippen LogP contribution < -0.4 is 0 Å². The molecule has 1 unspecified atom stereocenters. The van der Waals surface area contributed by atoms with Gasteiger partial charge in [0.2, 0.25) is 0 Å². The van der Waals surface area contributed by atoms with Gasteiger partial charge in [0.1, 0.15) is 5.41 Å². The third-order valence-electron chi connectivity index (χ3n) is 4.07. The van der Waals surface area contributed by atoms with Gasteiger partial charge in [0.25, 0.3) is 5.69 Å². The van der Waals surface area contributed by atoms with Crippen molar-refractivity contribution in [2.45, 2.75) is 12.8 Å². The minimum Gasteiger partial charge on any atom is -0.292 e. The van der Waals surface area contributed by atoms with E-state index in [0.29, 0.717) is 17.5 Å². The highest BCUT2D eigenvalue weighted by Gasteiger charge is 2.44. The topological polar surface area (TPSA) is 84.0 Å². The van der Waals surface area contributed by atoms with Gasteiger partial charge >= 0.3 is 0 Å². The molecular weight excluding hydrogens is 280 g/mol. The number of hydrogen-bond acceptors (Lipinski definition) is 4. The molecule has 3 rings (SSSR count). The molecule has 0 spiro atoms. The standard InChI is InChI=1S/C17H12N2O3/c18-11-17(16(20)12-4-2-1-3-5-12)9-13-6-7-15(19(21)22)8-14(13)10-17/h1-8H,9-10H2. The van der Waals surface area contributed by atoms with E-state index in [1.807, 2.05) is 6.07 Å².